The normalized spacial score (nSPS) is 15.5. The number of hydrogen-bond acceptors (Lipinski definition) is 4. The minimum absolute atomic E-state index is 0.184. The fraction of sp³-hybridized carbons (Fsp3) is 0.163. The molecule has 3 aliphatic carbocycles. The summed E-state index contributed by atoms with van der Waals surface area (Å²) in [6, 6.07) is 26.6. The van der Waals surface area contributed by atoms with E-state index >= 15 is 0 Å². The summed E-state index contributed by atoms with van der Waals surface area (Å²) in [5.74, 6) is 0.736. The molecule has 0 amide bonds. The van der Waals surface area contributed by atoms with Crippen molar-refractivity contribution >= 4 is 62.0 Å². The summed E-state index contributed by atoms with van der Waals surface area (Å²) in [5, 5.41) is 2.61. The molecule has 0 unspecified atom stereocenters. The molecule has 0 bridgehead atoms. The van der Waals surface area contributed by atoms with E-state index in [1.807, 2.05) is 29.9 Å². The lowest BCUT2D eigenvalue weighted by atomic mass is 9.81. The largest absolute Gasteiger partial charge is 0.354 e. The predicted octanol–water partition coefficient (Wildman–Crippen LogP) is 12.9. The lowest BCUT2D eigenvalue weighted by Crippen LogP contribution is -2.15. The third-order valence-corrected chi connectivity index (χ3v) is 13.0. The number of aromatic nitrogens is 3. The highest BCUT2D eigenvalue weighted by Gasteiger charge is 2.36. The van der Waals surface area contributed by atoms with Crippen molar-refractivity contribution in [2.45, 2.75) is 51.9 Å². The number of aliphatic imine (C=N–C) groups is 1. The molecule has 4 aromatic carbocycles. The molecule has 3 aromatic heterocycles. The summed E-state index contributed by atoms with van der Waals surface area (Å²) < 4.78 is 1.28. The fourth-order valence-corrected chi connectivity index (χ4v) is 10.1. The predicted molar refractivity (Wildman–Crippen MR) is 230 cm³/mol. The van der Waals surface area contributed by atoms with E-state index in [1.54, 1.807) is 0 Å². The van der Waals surface area contributed by atoms with Crippen LogP contribution in [0.25, 0.3) is 78.1 Å². The monoisotopic (exact) mass is 716 g/mol. The molecule has 0 spiro atoms. The topological polar surface area (TPSA) is 53.9 Å². The Morgan fingerprint density at radius 1 is 0.815 bits per heavy atom. The van der Waals surface area contributed by atoms with Gasteiger partial charge in [0.05, 0.1) is 11.2 Å². The minimum atomic E-state index is -0.184. The van der Waals surface area contributed by atoms with Crippen LogP contribution >= 0.6 is 11.3 Å². The fourth-order valence-electron chi connectivity index (χ4n) is 8.79. The standard InChI is InChI=1S/C49H40N4S/c1-5-30(26-50-29(2)34-14-10-16-40-38-13-7-9-19-45(38)54-47(34)40)31-20-22-35-36-23-21-32(25-43(36)49(3,4)42(35)24-31)33-27-51-48(52-28-33)41-17-11-15-39-37-12-6-8-18-44(37)53-46(39)41/h5,8-11,14-28,53H,2,6-7,12-13H2,1,3-4H3/b30-5+,50-26?. The molecular weight excluding hydrogens is 677 g/mol. The van der Waals surface area contributed by atoms with Gasteiger partial charge in [0.15, 0.2) is 5.82 Å². The molecule has 0 saturated carbocycles. The number of H-pyrrole nitrogens is 1. The molecule has 7 aromatic rings. The average Bonchev–Trinajstić information content (AvgIpc) is 3.86. The van der Waals surface area contributed by atoms with Crippen molar-refractivity contribution in [2.24, 2.45) is 4.99 Å². The number of hydrogen-bond donors (Lipinski definition) is 1. The van der Waals surface area contributed by atoms with E-state index in [9.17, 15) is 0 Å². The highest BCUT2D eigenvalue weighted by molar-refractivity contribution is 7.20. The van der Waals surface area contributed by atoms with Crippen LogP contribution in [0.5, 0.6) is 0 Å². The van der Waals surface area contributed by atoms with Gasteiger partial charge in [0.1, 0.15) is 0 Å². The second-order valence-electron chi connectivity index (χ2n) is 15.1. The zero-order chi connectivity index (χ0) is 36.6. The molecular formula is C49H40N4S. The third-order valence-electron chi connectivity index (χ3n) is 11.7. The Hall–Kier alpha value is -5.91. The molecule has 4 nitrogen and oxygen atoms in total. The molecule has 1 N–H and O–H groups in total. The van der Waals surface area contributed by atoms with Crippen molar-refractivity contribution in [3.8, 4) is 33.6 Å². The number of nitrogens with one attached hydrogen (secondary N) is 1. The maximum absolute atomic E-state index is 4.95. The van der Waals surface area contributed by atoms with Crippen LogP contribution in [0.4, 0.5) is 0 Å². The summed E-state index contributed by atoms with van der Waals surface area (Å²) in [7, 11) is 0. The molecule has 5 heteroatoms. The van der Waals surface area contributed by atoms with Gasteiger partial charge in [0.2, 0.25) is 0 Å². The zero-order valence-electron chi connectivity index (χ0n) is 30.8. The first-order valence-electron chi connectivity index (χ1n) is 18.9. The molecule has 0 fully saturated rings. The zero-order valence-corrected chi connectivity index (χ0v) is 31.6. The van der Waals surface area contributed by atoms with Crippen LogP contribution in [0.3, 0.4) is 0 Å². The van der Waals surface area contributed by atoms with Crippen LogP contribution in [-0.2, 0) is 18.3 Å². The number of aromatic amines is 1. The molecule has 3 aliphatic rings. The molecule has 3 heterocycles. The summed E-state index contributed by atoms with van der Waals surface area (Å²) in [4.78, 5) is 19.7. The maximum atomic E-state index is 4.95. The van der Waals surface area contributed by atoms with E-state index in [2.05, 4.69) is 136 Å². The Bertz CT molecular complexity index is 2820. The Morgan fingerprint density at radius 2 is 1.56 bits per heavy atom. The van der Waals surface area contributed by atoms with Crippen molar-refractivity contribution in [1.29, 1.82) is 0 Å². The van der Waals surface area contributed by atoms with Crippen LogP contribution in [0.15, 0.2) is 115 Å². The number of fused-ring (bicyclic) bond motifs is 9. The van der Waals surface area contributed by atoms with Crippen LogP contribution in [0.2, 0.25) is 0 Å². The number of rotatable bonds is 6. The van der Waals surface area contributed by atoms with Gasteiger partial charge >= 0.3 is 0 Å². The first kappa shape index (κ1) is 32.7. The molecule has 54 heavy (non-hydrogen) atoms. The average molecular weight is 717 g/mol. The molecule has 0 radical (unpaired) electrons. The van der Waals surface area contributed by atoms with E-state index in [1.165, 1.54) is 59.4 Å². The number of thiophene rings is 1. The number of aryl methyl sites for hydroxylation is 2. The van der Waals surface area contributed by atoms with Gasteiger partial charge in [0, 0.05) is 61.4 Å². The summed E-state index contributed by atoms with van der Waals surface area (Å²) >= 11 is 1.86. The molecule has 10 rings (SSSR count). The Labute approximate surface area is 320 Å². The molecule has 262 valence electrons. The second kappa shape index (κ2) is 12.6. The van der Waals surface area contributed by atoms with Gasteiger partial charge < -0.3 is 4.98 Å². The van der Waals surface area contributed by atoms with Gasteiger partial charge in [-0.2, -0.15) is 0 Å². The summed E-state index contributed by atoms with van der Waals surface area (Å²) in [6.07, 6.45) is 21.4. The second-order valence-corrected chi connectivity index (χ2v) is 16.2. The van der Waals surface area contributed by atoms with Crippen molar-refractivity contribution in [2.75, 3.05) is 0 Å². The third kappa shape index (κ3) is 5.13. The lowest BCUT2D eigenvalue weighted by molar-refractivity contribution is 0.660. The first-order chi connectivity index (χ1) is 26.4. The van der Waals surface area contributed by atoms with Crippen LogP contribution in [0.1, 0.15) is 77.6 Å². The number of allylic oxidation sites excluding steroid dienone is 4. The van der Waals surface area contributed by atoms with Crippen LogP contribution < -0.4 is 0 Å². The lowest BCUT2D eigenvalue weighted by Gasteiger charge is -2.22. The van der Waals surface area contributed by atoms with Crippen LogP contribution in [0, 0.1) is 0 Å². The minimum Gasteiger partial charge on any atom is -0.354 e. The quantitative estimate of drug-likeness (QED) is 0.174. The number of benzene rings is 4. The highest BCUT2D eigenvalue weighted by atomic mass is 32.1. The van der Waals surface area contributed by atoms with Gasteiger partial charge in [-0.25, -0.2) is 9.97 Å². The maximum Gasteiger partial charge on any atom is 0.161 e. The van der Waals surface area contributed by atoms with Gasteiger partial charge in [-0.1, -0.05) is 93.3 Å². The Balaban J connectivity index is 0.920. The van der Waals surface area contributed by atoms with Crippen molar-refractivity contribution in [1.82, 2.24) is 15.0 Å². The molecule has 0 aliphatic heterocycles. The summed E-state index contributed by atoms with van der Waals surface area (Å²) in [5.41, 5.74) is 17.5. The molecule has 0 saturated heterocycles. The van der Waals surface area contributed by atoms with E-state index in [0.717, 1.165) is 76.1 Å². The highest BCUT2D eigenvalue weighted by Crippen LogP contribution is 2.50. The Morgan fingerprint density at radius 3 is 2.39 bits per heavy atom. The molecule has 0 atom stereocenters. The van der Waals surface area contributed by atoms with Gasteiger partial charge in [-0.05, 0) is 118 Å². The van der Waals surface area contributed by atoms with Gasteiger partial charge in [0.25, 0.3) is 0 Å². The number of nitrogens with zero attached hydrogens (tertiary/aromatic N) is 3. The van der Waals surface area contributed by atoms with Crippen molar-refractivity contribution in [3.63, 3.8) is 0 Å². The smallest absolute Gasteiger partial charge is 0.161 e. The number of para-hydroxylation sites is 1. The first-order valence-corrected chi connectivity index (χ1v) is 19.7. The Kier molecular flexibility index (Phi) is 7.64. The van der Waals surface area contributed by atoms with Crippen molar-refractivity contribution < 1.29 is 0 Å². The van der Waals surface area contributed by atoms with E-state index < -0.39 is 0 Å². The van der Waals surface area contributed by atoms with E-state index in [4.69, 9.17) is 15.0 Å². The SMILES string of the molecule is C=C(N=C/C(=C\C)c1ccc2c(c1)C(C)(C)c1cc(-c3cnc(-c4cccc5c6c([nH]c45)C=CCC6)nc3)ccc1-2)c1cccc2c3c(sc12)C=CCC3. The van der Waals surface area contributed by atoms with Gasteiger partial charge in [-0.3, -0.25) is 4.99 Å². The van der Waals surface area contributed by atoms with E-state index in [-0.39, 0.29) is 5.41 Å². The van der Waals surface area contributed by atoms with E-state index in [0.29, 0.717) is 0 Å². The van der Waals surface area contributed by atoms with Gasteiger partial charge in [-0.15, -0.1) is 11.3 Å². The summed E-state index contributed by atoms with van der Waals surface area (Å²) in [6.45, 7) is 11.2. The van der Waals surface area contributed by atoms with Crippen molar-refractivity contribution in [3.05, 3.63) is 154 Å². The van der Waals surface area contributed by atoms with Crippen LogP contribution in [-0.4, -0.2) is 21.2 Å².